The zero-order valence-electron chi connectivity index (χ0n) is 24.8. The Kier molecular flexibility index (Phi) is 6.28. The van der Waals surface area contributed by atoms with Gasteiger partial charge in [-0.15, -0.1) is 11.3 Å². The van der Waals surface area contributed by atoms with Crippen LogP contribution >= 0.6 is 11.3 Å². The highest BCUT2D eigenvalue weighted by atomic mass is 32.1. The molecule has 0 radical (unpaired) electrons. The number of hydrogen-bond donors (Lipinski definition) is 0. The number of hydrogen-bond acceptors (Lipinski definition) is 1. The summed E-state index contributed by atoms with van der Waals surface area (Å²) in [7, 11) is 0. The highest BCUT2D eigenvalue weighted by Crippen LogP contribution is 2.43. The molecule has 0 nitrogen and oxygen atoms in total. The zero-order valence-corrected chi connectivity index (χ0v) is 25.6. The third-order valence-electron chi connectivity index (χ3n) is 9.49. The second-order valence-electron chi connectivity index (χ2n) is 12.0. The molecule has 9 rings (SSSR count). The van der Waals surface area contributed by atoms with Crippen molar-refractivity contribution in [2.24, 2.45) is 0 Å². The Morgan fingerprint density at radius 2 is 1.00 bits per heavy atom. The predicted octanol–water partition coefficient (Wildman–Crippen LogP) is 9.48. The van der Waals surface area contributed by atoms with Gasteiger partial charge < -0.3 is 0 Å². The van der Waals surface area contributed by atoms with Crippen LogP contribution in [0, 0.1) is 0 Å². The summed E-state index contributed by atoms with van der Waals surface area (Å²) in [6.45, 7) is 0.0955. The van der Waals surface area contributed by atoms with Crippen LogP contribution in [0.25, 0.3) is 53.6 Å². The summed E-state index contributed by atoms with van der Waals surface area (Å²) in [4.78, 5) is 0. The Morgan fingerprint density at radius 3 is 1.73 bits per heavy atom. The van der Waals surface area contributed by atoms with E-state index >= 15 is 0 Å². The molecule has 0 bridgehead atoms. The monoisotopic (exact) mass is 588 g/mol. The number of rotatable bonds is 4. The molecule has 1 aliphatic heterocycles. The topological polar surface area (TPSA) is 0 Å². The summed E-state index contributed by atoms with van der Waals surface area (Å²) in [5.74, 6) is 0. The first-order chi connectivity index (χ1) is 22.3. The van der Waals surface area contributed by atoms with Gasteiger partial charge >= 0.3 is 0 Å². The van der Waals surface area contributed by atoms with Crippen LogP contribution in [0.15, 0.2) is 164 Å². The first kappa shape index (κ1) is 26.2. The van der Waals surface area contributed by atoms with Crippen LogP contribution in [0.1, 0.15) is 11.1 Å². The van der Waals surface area contributed by atoms with E-state index in [1.807, 2.05) is 11.3 Å². The van der Waals surface area contributed by atoms with Crippen LogP contribution in [0.2, 0.25) is 0 Å². The minimum absolute atomic E-state index is 0.0955. The Labute approximate surface area is 268 Å². The average Bonchev–Trinajstić information content (AvgIpc) is 3.50. The van der Waals surface area contributed by atoms with E-state index in [4.69, 9.17) is 0 Å². The normalized spacial score (nSPS) is 12.3. The van der Waals surface area contributed by atoms with Crippen molar-refractivity contribution in [3.05, 3.63) is 175 Å². The Bertz CT molecular complexity index is 2300. The van der Waals surface area contributed by atoms with E-state index in [1.54, 1.807) is 0 Å². The Morgan fingerprint density at radius 1 is 0.422 bits per heavy atom. The van der Waals surface area contributed by atoms with E-state index in [0.717, 1.165) is 6.42 Å². The summed E-state index contributed by atoms with van der Waals surface area (Å²) >= 11 is 1.91. The van der Waals surface area contributed by atoms with E-state index in [2.05, 4.69) is 164 Å². The maximum Gasteiger partial charge on any atom is 0.243 e. The van der Waals surface area contributed by atoms with Crippen molar-refractivity contribution in [1.82, 2.24) is 0 Å². The molecule has 1 aliphatic rings. The fourth-order valence-electron chi connectivity index (χ4n) is 7.53. The van der Waals surface area contributed by atoms with Crippen molar-refractivity contribution in [2.75, 3.05) is 0 Å². The Hall–Kier alpha value is -5.18. The lowest BCUT2D eigenvalue weighted by Crippen LogP contribution is -2.58. The SMILES string of the molecule is c1ccc(-c2ccc(-c3cccc4c3sc3ccccc34)c(-c3ccccc3)c2B2c3ccccc3Cc3ccccc32)cc1. The quantitative estimate of drug-likeness (QED) is 0.180. The zero-order chi connectivity index (χ0) is 29.7. The third kappa shape index (κ3) is 4.29. The smallest absolute Gasteiger partial charge is 0.135 e. The highest BCUT2D eigenvalue weighted by Gasteiger charge is 2.35. The predicted molar refractivity (Wildman–Crippen MR) is 196 cm³/mol. The second kappa shape index (κ2) is 10.8. The molecular weight excluding hydrogens is 559 g/mol. The lowest BCUT2D eigenvalue weighted by Gasteiger charge is -2.31. The van der Waals surface area contributed by atoms with Gasteiger partial charge in [0.1, 0.15) is 0 Å². The second-order valence-corrected chi connectivity index (χ2v) is 13.0. The molecule has 0 amide bonds. The van der Waals surface area contributed by atoms with Crippen LogP contribution in [-0.4, -0.2) is 6.71 Å². The summed E-state index contributed by atoms with van der Waals surface area (Å²) in [5.41, 5.74) is 14.7. The van der Waals surface area contributed by atoms with Crippen LogP contribution in [0.3, 0.4) is 0 Å². The summed E-state index contributed by atoms with van der Waals surface area (Å²) in [6, 6.07) is 60.7. The van der Waals surface area contributed by atoms with Gasteiger partial charge in [0, 0.05) is 25.7 Å². The van der Waals surface area contributed by atoms with Crippen LogP contribution in [0.4, 0.5) is 0 Å². The van der Waals surface area contributed by atoms with Crippen molar-refractivity contribution in [3.63, 3.8) is 0 Å². The first-order valence-electron chi connectivity index (χ1n) is 15.7. The lowest BCUT2D eigenvalue weighted by atomic mass is 9.32. The van der Waals surface area contributed by atoms with Crippen LogP contribution in [-0.2, 0) is 6.42 Å². The van der Waals surface area contributed by atoms with Gasteiger partial charge in [0.05, 0.1) is 0 Å². The maximum absolute atomic E-state index is 2.39. The largest absolute Gasteiger partial charge is 0.243 e. The van der Waals surface area contributed by atoms with Crippen LogP contribution < -0.4 is 16.4 Å². The Balaban J connectivity index is 1.45. The summed E-state index contributed by atoms with van der Waals surface area (Å²) < 4.78 is 2.68. The van der Waals surface area contributed by atoms with E-state index in [9.17, 15) is 0 Å². The number of benzene rings is 7. The lowest BCUT2D eigenvalue weighted by molar-refractivity contribution is 1.21. The number of fused-ring (bicyclic) bond motifs is 5. The van der Waals surface area contributed by atoms with Crippen molar-refractivity contribution < 1.29 is 0 Å². The number of thiophene rings is 1. The van der Waals surface area contributed by atoms with E-state index in [1.165, 1.54) is 81.1 Å². The molecule has 0 unspecified atom stereocenters. The molecular formula is C43H29BS. The molecule has 2 heteroatoms. The van der Waals surface area contributed by atoms with Crippen molar-refractivity contribution in [3.8, 4) is 33.4 Å². The summed E-state index contributed by atoms with van der Waals surface area (Å²) in [6.07, 6.45) is 0.963. The maximum atomic E-state index is 2.39. The molecule has 45 heavy (non-hydrogen) atoms. The molecule has 0 saturated heterocycles. The minimum atomic E-state index is 0.0955. The standard InChI is InChI=1S/C43H29BS/c1-3-14-29(15-4-1)33-26-27-35(37-22-13-21-36-34-20-9-12-25-40(34)45-43(36)37)41(30-16-5-2-6-17-30)42(33)44-38-23-10-7-18-31(38)28-32-19-8-11-24-39(32)44/h1-27H,28H2. The van der Waals surface area contributed by atoms with Crippen molar-refractivity contribution >= 4 is 54.6 Å². The van der Waals surface area contributed by atoms with Gasteiger partial charge in [-0.05, 0) is 51.4 Å². The molecule has 7 aromatic carbocycles. The van der Waals surface area contributed by atoms with E-state index in [0.29, 0.717) is 0 Å². The fraction of sp³-hybridized carbons (Fsp3) is 0.0233. The molecule has 0 spiro atoms. The van der Waals surface area contributed by atoms with E-state index < -0.39 is 0 Å². The van der Waals surface area contributed by atoms with Gasteiger partial charge in [0.15, 0.2) is 0 Å². The first-order valence-corrected chi connectivity index (χ1v) is 16.5. The van der Waals surface area contributed by atoms with Gasteiger partial charge in [-0.25, -0.2) is 0 Å². The molecule has 210 valence electrons. The molecule has 1 aromatic heterocycles. The van der Waals surface area contributed by atoms with E-state index in [-0.39, 0.29) is 6.71 Å². The molecule has 0 fully saturated rings. The van der Waals surface area contributed by atoms with Gasteiger partial charge in [-0.2, -0.15) is 0 Å². The minimum Gasteiger partial charge on any atom is -0.135 e. The molecule has 0 N–H and O–H groups in total. The third-order valence-corrected chi connectivity index (χ3v) is 10.7. The highest BCUT2D eigenvalue weighted by molar-refractivity contribution is 7.26. The molecule has 0 atom stereocenters. The molecule has 8 aromatic rings. The van der Waals surface area contributed by atoms with Crippen LogP contribution in [0.5, 0.6) is 0 Å². The fourth-order valence-corrected chi connectivity index (χ4v) is 8.76. The van der Waals surface area contributed by atoms with Gasteiger partial charge in [0.2, 0.25) is 6.71 Å². The molecule has 0 aliphatic carbocycles. The molecule has 0 saturated carbocycles. The van der Waals surface area contributed by atoms with Gasteiger partial charge in [-0.3, -0.25) is 0 Å². The summed E-state index contributed by atoms with van der Waals surface area (Å²) in [5, 5.41) is 2.66. The molecule has 2 heterocycles. The van der Waals surface area contributed by atoms with Gasteiger partial charge in [0.25, 0.3) is 0 Å². The van der Waals surface area contributed by atoms with Gasteiger partial charge in [-0.1, -0.05) is 174 Å². The average molecular weight is 589 g/mol. The van der Waals surface area contributed by atoms with Crippen molar-refractivity contribution in [2.45, 2.75) is 6.42 Å². The van der Waals surface area contributed by atoms with Crippen molar-refractivity contribution in [1.29, 1.82) is 0 Å².